The Labute approximate surface area is 219 Å². The Hall–Kier alpha value is -2.04. The maximum atomic E-state index is 13.4. The van der Waals surface area contributed by atoms with E-state index >= 15 is 0 Å². The van der Waals surface area contributed by atoms with Crippen LogP contribution in [0.3, 0.4) is 0 Å². The third-order valence-electron chi connectivity index (χ3n) is 6.59. The Morgan fingerprint density at radius 1 is 1.23 bits per heavy atom. The summed E-state index contributed by atoms with van der Waals surface area (Å²) in [6.45, 7) is 9.07. The minimum absolute atomic E-state index is 0.250. The summed E-state index contributed by atoms with van der Waals surface area (Å²) in [5, 5.41) is 1.23. The van der Waals surface area contributed by atoms with Gasteiger partial charge in [0.2, 0.25) is 0 Å². The van der Waals surface area contributed by atoms with E-state index in [9.17, 15) is 9.59 Å². The lowest BCUT2D eigenvalue weighted by atomic mass is 10.1. The van der Waals surface area contributed by atoms with Gasteiger partial charge in [-0.15, -0.1) is 0 Å². The molecule has 1 amide bonds. The SMILES string of the molecule is COc1c(Br)c(Cl)cc2c(N3CCN(C(=O)OC(C)(C)C)CC3)nc(=O)n(C[C@@H]3CCCN3C)c12. The standard InChI is InChI=1S/C24H33BrClN5O4/c1-24(2,3)35-23(33)30-11-9-29(10-12-30)21-16-13-17(26)18(25)20(34-5)19(16)31(22(32)27-21)14-15-7-6-8-28(15)4/h13,15H,6-12,14H2,1-5H3/t15-/m0/s1. The second-order valence-electron chi connectivity index (χ2n) is 10.2. The maximum Gasteiger partial charge on any atom is 0.410 e. The zero-order valence-electron chi connectivity index (χ0n) is 20.9. The molecule has 2 aromatic rings. The first-order valence-corrected chi connectivity index (χ1v) is 13.1. The van der Waals surface area contributed by atoms with Gasteiger partial charge in [-0.1, -0.05) is 11.6 Å². The van der Waals surface area contributed by atoms with Gasteiger partial charge < -0.3 is 24.2 Å². The summed E-state index contributed by atoms with van der Waals surface area (Å²) in [4.78, 5) is 36.4. The van der Waals surface area contributed by atoms with Crippen LogP contribution >= 0.6 is 27.5 Å². The molecule has 3 heterocycles. The van der Waals surface area contributed by atoms with Crippen molar-refractivity contribution < 1.29 is 14.3 Å². The van der Waals surface area contributed by atoms with Crippen molar-refractivity contribution in [3.63, 3.8) is 0 Å². The molecule has 2 aliphatic rings. The van der Waals surface area contributed by atoms with Crippen LogP contribution in [0.15, 0.2) is 15.3 Å². The van der Waals surface area contributed by atoms with Crippen LogP contribution in [-0.2, 0) is 11.3 Å². The smallest absolute Gasteiger partial charge is 0.410 e. The van der Waals surface area contributed by atoms with Crippen molar-refractivity contribution in [2.24, 2.45) is 0 Å². The van der Waals surface area contributed by atoms with E-state index in [2.05, 4.69) is 32.9 Å². The fourth-order valence-electron chi connectivity index (χ4n) is 4.78. The van der Waals surface area contributed by atoms with Crippen LogP contribution in [0, 0.1) is 0 Å². The van der Waals surface area contributed by atoms with Gasteiger partial charge >= 0.3 is 11.8 Å². The molecule has 1 atom stereocenters. The quantitative estimate of drug-likeness (QED) is 0.550. The number of anilines is 1. The molecule has 0 unspecified atom stereocenters. The number of piperazine rings is 1. The number of hydrogen-bond donors (Lipinski definition) is 0. The Bertz CT molecular complexity index is 1170. The summed E-state index contributed by atoms with van der Waals surface area (Å²) in [7, 11) is 3.66. The summed E-state index contributed by atoms with van der Waals surface area (Å²) < 4.78 is 13.6. The molecule has 192 valence electrons. The van der Waals surface area contributed by atoms with Gasteiger partial charge in [-0.05, 0) is 69.2 Å². The van der Waals surface area contributed by atoms with Gasteiger partial charge in [-0.3, -0.25) is 4.57 Å². The predicted molar refractivity (Wildman–Crippen MR) is 141 cm³/mol. The number of nitrogens with zero attached hydrogens (tertiary/aromatic N) is 5. The summed E-state index contributed by atoms with van der Waals surface area (Å²) in [6, 6.07) is 2.08. The first-order chi connectivity index (χ1) is 16.5. The molecule has 2 saturated heterocycles. The number of methoxy groups -OCH3 is 1. The van der Waals surface area contributed by atoms with Crippen molar-refractivity contribution in [1.29, 1.82) is 0 Å². The van der Waals surface area contributed by atoms with Gasteiger partial charge in [0.25, 0.3) is 0 Å². The average Bonchev–Trinajstić information content (AvgIpc) is 3.20. The van der Waals surface area contributed by atoms with Crippen LogP contribution in [0.25, 0.3) is 10.9 Å². The second kappa shape index (κ2) is 10.1. The van der Waals surface area contributed by atoms with Crippen LogP contribution in [-0.4, -0.2) is 84.0 Å². The van der Waals surface area contributed by atoms with Crippen molar-refractivity contribution in [1.82, 2.24) is 19.4 Å². The van der Waals surface area contributed by atoms with E-state index in [-0.39, 0.29) is 17.8 Å². The summed E-state index contributed by atoms with van der Waals surface area (Å²) in [5.41, 5.74) is -0.201. The van der Waals surface area contributed by atoms with Gasteiger partial charge in [-0.2, -0.15) is 4.98 Å². The van der Waals surface area contributed by atoms with Crippen LogP contribution in [0.2, 0.25) is 5.02 Å². The predicted octanol–water partition coefficient (Wildman–Crippen LogP) is 3.97. The summed E-state index contributed by atoms with van der Waals surface area (Å²) in [6.07, 6.45) is 1.80. The lowest BCUT2D eigenvalue weighted by molar-refractivity contribution is 0.0240. The number of carbonyl (C=O) groups excluding carboxylic acids is 1. The average molecular weight is 571 g/mol. The molecular formula is C24H33BrClN5O4. The number of aromatic nitrogens is 2. The third kappa shape index (κ3) is 5.39. The molecule has 0 bridgehead atoms. The number of fused-ring (bicyclic) bond motifs is 1. The van der Waals surface area contributed by atoms with E-state index in [0.717, 1.165) is 24.8 Å². The highest BCUT2D eigenvalue weighted by atomic mass is 79.9. The van der Waals surface area contributed by atoms with Crippen LogP contribution in [0.4, 0.5) is 10.6 Å². The molecule has 0 spiro atoms. The number of ether oxygens (including phenoxy) is 2. The fraction of sp³-hybridized carbons (Fsp3) is 0.625. The van der Waals surface area contributed by atoms with Gasteiger partial charge in [0.05, 0.1) is 22.1 Å². The minimum Gasteiger partial charge on any atom is -0.493 e. The van der Waals surface area contributed by atoms with E-state index in [1.165, 1.54) is 0 Å². The molecular weight excluding hydrogens is 538 g/mol. The number of carbonyl (C=O) groups is 1. The number of halogens is 2. The highest BCUT2D eigenvalue weighted by Crippen LogP contribution is 2.41. The molecule has 11 heteroatoms. The number of hydrogen-bond acceptors (Lipinski definition) is 7. The minimum atomic E-state index is -0.551. The highest BCUT2D eigenvalue weighted by molar-refractivity contribution is 9.10. The van der Waals surface area contributed by atoms with Crippen molar-refractivity contribution >= 4 is 50.3 Å². The molecule has 1 aromatic heterocycles. The summed E-state index contributed by atoms with van der Waals surface area (Å²) in [5.74, 6) is 1.07. The van der Waals surface area contributed by atoms with Gasteiger partial charge in [0.1, 0.15) is 11.4 Å². The monoisotopic (exact) mass is 569 g/mol. The molecule has 4 rings (SSSR count). The number of likely N-dealkylation sites (N-methyl/N-ethyl adjacent to an activating group) is 1. The van der Waals surface area contributed by atoms with Gasteiger partial charge in [-0.25, -0.2) is 9.59 Å². The molecule has 35 heavy (non-hydrogen) atoms. The van der Waals surface area contributed by atoms with E-state index in [0.29, 0.717) is 59.3 Å². The van der Waals surface area contributed by atoms with Crippen LogP contribution in [0.1, 0.15) is 33.6 Å². The number of rotatable bonds is 4. The second-order valence-corrected chi connectivity index (χ2v) is 11.4. The van der Waals surface area contributed by atoms with E-state index in [1.807, 2.05) is 31.7 Å². The lowest BCUT2D eigenvalue weighted by Gasteiger charge is -2.36. The Morgan fingerprint density at radius 3 is 2.49 bits per heavy atom. The lowest BCUT2D eigenvalue weighted by Crippen LogP contribution is -2.50. The molecule has 2 aliphatic heterocycles. The molecule has 0 saturated carbocycles. The normalized spacial score (nSPS) is 19.5. The fourth-order valence-corrected chi connectivity index (χ4v) is 5.44. The molecule has 0 N–H and O–H groups in total. The maximum absolute atomic E-state index is 13.4. The van der Waals surface area contributed by atoms with Gasteiger partial charge in [0.15, 0.2) is 5.75 Å². The van der Waals surface area contributed by atoms with Gasteiger partial charge in [0, 0.05) is 44.2 Å². The highest BCUT2D eigenvalue weighted by Gasteiger charge is 2.30. The molecule has 9 nitrogen and oxygen atoms in total. The topological polar surface area (TPSA) is 80.1 Å². The van der Waals surface area contributed by atoms with Crippen LogP contribution < -0.4 is 15.3 Å². The zero-order chi connectivity index (χ0) is 25.5. The zero-order valence-corrected chi connectivity index (χ0v) is 23.3. The largest absolute Gasteiger partial charge is 0.493 e. The number of benzene rings is 1. The first-order valence-electron chi connectivity index (χ1n) is 11.9. The Balaban J connectivity index is 1.72. The molecule has 2 fully saturated rings. The van der Waals surface area contributed by atoms with Crippen molar-refractivity contribution in [2.75, 3.05) is 51.8 Å². The van der Waals surface area contributed by atoms with Crippen molar-refractivity contribution in [3.8, 4) is 5.75 Å². The molecule has 0 aliphatic carbocycles. The van der Waals surface area contributed by atoms with Crippen LogP contribution in [0.5, 0.6) is 5.75 Å². The first kappa shape index (κ1) is 26.0. The van der Waals surface area contributed by atoms with E-state index in [4.69, 9.17) is 21.1 Å². The Morgan fingerprint density at radius 2 is 1.91 bits per heavy atom. The Kier molecular flexibility index (Phi) is 7.54. The molecule has 1 aromatic carbocycles. The number of likely N-dealkylation sites (tertiary alicyclic amines) is 1. The molecule has 0 radical (unpaired) electrons. The third-order valence-corrected chi connectivity index (χ3v) is 7.91. The van der Waals surface area contributed by atoms with E-state index in [1.54, 1.807) is 16.6 Å². The van der Waals surface area contributed by atoms with Crippen molar-refractivity contribution in [3.05, 3.63) is 26.0 Å². The summed E-state index contributed by atoms with van der Waals surface area (Å²) >= 11 is 10.1. The van der Waals surface area contributed by atoms with Crippen molar-refractivity contribution in [2.45, 2.75) is 51.8 Å². The number of amides is 1. The van der Waals surface area contributed by atoms with E-state index < -0.39 is 5.60 Å².